The Kier molecular flexibility index (Phi) is 6.60. The molecule has 0 aliphatic rings. The maximum Gasteiger partial charge on any atom is 0.329 e. The summed E-state index contributed by atoms with van der Waals surface area (Å²) in [5.74, 6) is -0.391. The van der Waals surface area contributed by atoms with Crippen LogP contribution in [0.25, 0.3) is 17.2 Å². The van der Waals surface area contributed by atoms with Gasteiger partial charge in [0.15, 0.2) is 22.1 Å². The average Bonchev–Trinajstić information content (AvgIpc) is 3.24. The molecule has 0 aliphatic heterocycles. The van der Waals surface area contributed by atoms with Gasteiger partial charge in [0.1, 0.15) is 0 Å². The molecular weight excluding hydrogens is 454 g/mol. The Hall–Kier alpha value is -4.18. The number of aryl methyl sites for hydroxylation is 1. The van der Waals surface area contributed by atoms with Gasteiger partial charge < -0.3 is 10.3 Å². The molecule has 34 heavy (non-hydrogen) atoms. The Morgan fingerprint density at radius 2 is 1.76 bits per heavy atom. The fourth-order valence-corrected chi connectivity index (χ4v) is 3.77. The Morgan fingerprint density at radius 3 is 2.47 bits per heavy atom. The smallest absolute Gasteiger partial charge is 0.327 e. The molecule has 0 aliphatic carbocycles. The van der Waals surface area contributed by atoms with E-state index in [1.54, 1.807) is 30.3 Å². The maximum atomic E-state index is 12.4. The molecule has 0 fully saturated rings. The Bertz CT molecular complexity index is 1510. The van der Waals surface area contributed by atoms with Gasteiger partial charge >= 0.3 is 5.69 Å². The molecule has 4 aromatic rings. The molecule has 2 aromatic carbocycles. The van der Waals surface area contributed by atoms with Crippen LogP contribution in [-0.2, 0) is 11.8 Å². The van der Waals surface area contributed by atoms with Gasteiger partial charge in [0.05, 0.1) is 5.75 Å². The van der Waals surface area contributed by atoms with Crippen LogP contribution in [0, 0.1) is 6.92 Å². The molecule has 2 aromatic heterocycles. The quantitative estimate of drug-likeness (QED) is 0.214. The Labute approximate surface area is 197 Å². The highest BCUT2D eigenvalue weighted by Crippen LogP contribution is 2.17. The number of aromatic nitrogens is 4. The molecule has 0 unspecified atom stereocenters. The van der Waals surface area contributed by atoms with E-state index in [2.05, 4.69) is 20.3 Å². The zero-order valence-electron chi connectivity index (χ0n) is 18.4. The number of benzene rings is 2. The fourth-order valence-electron chi connectivity index (χ4n) is 3.10. The highest BCUT2D eigenvalue weighted by Gasteiger charge is 2.12. The lowest BCUT2D eigenvalue weighted by Crippen LogP contribution is -2.32. The summed E-state index contributed by atoms with van der Waals surface area (Å²) < 4.78 is 0.939. The summed E-state index contributed by atoms with van der Waals surface area (Å²) in [5, 5.41) is 3.09. The summed E-state index contributed by atoms with van der Waals surface area (Å²) in [6, 6.07) is 14.5. The first kappa shape index (κ1) is 23.0. The van der Waals surface area contributed by atoms with Crippen molar-refractivity contribution in [2.75, 3.05) is 11.1 Å². The van der Waals surface area contributed by atoms with Crippen molar-refractivity contribution in [3.8, 4) is 0 Å². The van der Waals surface area contributed by atoms with Gasteiger partial charge in [0.2, 0.25) is 5.91 Å². The van der Waals surface area contributed by atoms with Gasteiger partial charge in [-0.25, -0.2) is 9.78 Å². The molecule has 3 N–H and O–H groups in total. The second-order valence-electron chi connectivity index (χ2n) is 7.58. The van der Waals surface area contributed by atoms with Crippen molar-refractivity contribution in [2.45, 2.75) is 12.1 Å². The normalized spacial score (nSPS) is 11.2. The van der Waals surface area contributed by atoms with E-state index in [-0.39, 0.29) is 28.6 Å². The number of fused-ring (bicyclic) bond motifs is 1. The number of anilines is 1. The second kappa shape index (κ2) is 9.75. The van der Waals surface area contributed by atoms with Crippen LogP contribution >= 0.6 is 11.8 Å². The third-order valence-electron chi connectivity index (χ3n) is 5.03. The van der Waals surface area contributed by atoms with Crippen molar-refractivity contribution >= 4 is 46.4 Å². The minimum Gasteiger partial charge on any atom is -0.327 e. The minimum absolute atomic E-state index is 0.0321. The molecule has 0 spiro atoms. The molecule has 0 radical (unpaired) electrons. The number of nitrogens with zero attached hydrogens (tertiary/aromatic N) is 2. The van der Waals surface area contributed by atoms with E-state index < -0.39 is 11.2 Å². The van der Waals surface area contributed by atoms with Gasteiger partial charge in [0, 0.05) is 18.3 Å². The van der Waals surface area contributed by atoms with E-state index in [9.17, 15) is 19.2 Å². The maximum absolute atomic E-state index is 12.4. The molecule has 0 saturated carbocycles. The number of ketones is 1. The van der Waals surface area contributed by atoms with E-state index in [1.165, 1.54) is 13.1 Å². The molecule has 172 valence electrons. The lowest BCUT2D eigenvalue weighted by molar-refractivity contribution is -0.113. The predicted molar refractivity (Wildman–Crippen MR) is 132 cm³/mol. The van der Waals surface area contributed by atoms with E-state index in [0.717, 1.165) is 27.5 Å². The van der Waals surface area contributed by atoms with Gasteiger partial charge in [0.25, 0.3) is 5.56 Å². The van der Waals surface area contributed by atoms with E-state index >= 15 is 0 Å². The first-order chi connectivity index (χ1) is 16.3. The van der Waals surface area contributed by atoms with Crippen molar-refractivity contribution in [3.05, 3.63) is 92.1 Å². The number of thioether (sulfide) groups is 1. The monoisotopic (exact) mass is 475 g/mol. The predicted octanol–water partition coefficient (Wildman–Crippen LogP) is 2.89. The van der Waals surface area contributed by atoms with Gasteiger partial charge in [-0.2, -0.15) is 0 Å². The molecular formula is C24H21N5O4S. The number of nitrogens with one attached hydrogen (secondary N) is 3. The summed E-state index contributed by atoms with van der Waals surface area (Å²) in [6.07, 6.45) is 3.28. The minimum atomic E-state index is -0.564. The van der Waals surface area contributed by atoms with Crippen LogP contribution in [0.15, 0.2) is 69.4 Å². The Morgan fingerprint density at radius 1 is 1.06 bits per heavy atom. The van der Waals surface area contributed by atoms with Gasteiger partial charge in [-0.15, -0.1) is 0 Å². The highest BCUT2D eigenvalue weighted by molar-refractivity contribution is 7.99. The number of hydrogen-bond donors (Lipinski definition) is 3. The van der Waals surface area contributed by atoms with Crippen LogP contribution in [0.3, 0.4) is 0 Å². The summed E-state index contributed by atoms with van der Waals surface area (Å²) in [6.45, 7) is 2.00. The molecule has 1 amide bonds. The number of rotatable bonds is 7. The van der Waals surface area contributed by atoms with Crippen molar-refractivity contribution in [1.82, 2.24) is 19.5 Å². The summed E-state index contributed by atoms with van der Waals surface area (Å²) in [5.41, 5.74) is 2.41. The van der Waals surface area contributed by atoms with Crippen LogP contribution in [-0.4, -0.2) is 37.0 Å². The third kappa shape index (κ3) is 5.24. The number of H-pyrrole nitrogens is 2. The summed E-state index contributed by atoms with van der Waals surface area (Å²) >= 11 is 1.10. The lowest BCUT2D eigenvalue weighted by atomic mass is 10.1. The van der Waals surface area contributed by atoms with Crippen LogP contribution in [0.4, 0.5) is 5.69 Å². The van der Waals surface area contributed by atoms with Crippen LogP contribution in [0.1, 0.15) is 21.5 Å². The van der Waals surface area contributed by atoms with Crippen molar-refractivity contribution in [1.29, 1.82) is 0 Å². The van der Waals surface area contributed by atoms with Gasteiger partial charge in [-0.05, 0) is 42.8 Å². The van der Waals surface area contributed by atoms with Gasteiger partial charge in [-0.3, -0.25) is 23.9 Å². The van der Waals surface area contributed by atoms with Crippen molar-refractivity contribution in [2.24, 2.45) is 7.05 Å². The number of carbonyl (C=O) groups excluding carboxylic acids is 2. The summed E-state index contributed by atoms with van der Waals surface area (Å²) in [4.78, 5) is 57.9. The highest BCUT2D eigenvalue weighted by atomic mass is 32.2. The van der Waals surface area contributed by atoms with Crippen LogP contribution in [0.5, 0.6) is 0 Å². The zero-order valence-corrected chi connectivity index (χ0v) is 19.2. The van der Waals surface area contributed by atoms with Crippen molar-refractivity contribution < 1.29 is 9.59 Å². The summed E-state index contributed by atoms with van der Waals surface area (Å²) in [7, 11) is 1.36. The number of amides is 1. The number of hydrogen-bond acceptors (Lipinski definition) is 6. The molecule has 2 heterocycles. The number of allylic oxidation sites excluding steroid dienone is 1. The van der Waals surface area contributed by atoms with Gasteiger partial charge in [-0.1, -0.05) is 47.7 Å². The second-order valence-corrected chi connectivity index (χ2v) is 8.55. The molecule has 4 rings (SSSR count). The first-order valence-electron chi connectivity index (χ1n) is 10.3. The largest absolute Gasteiger partial charge is 0.329 e. The SMILES string of the molecule is Cc1ccc(/C=C/C(=O)c2ccc(NC(=O)CSc3nc4[nH]c(=O)n(C)c(=O)c4[nH]3)cc2)cc1. The van der Waals surface area contributed by atoms with E-state index in [0.29, 0.717) is 16.4 Å². The molecule has 10 heteroatoms. The first-order valence-corrected chi connectivity index (χ1v) is 11.3. The van der Waals surface area contributed by atoms with E-state index in [4.69, 9.17) is 0 Å². The van der Waals surface area contributed by atoms with Crippen LogP contribution < -0.4 is 16.6 Å². The third-order valence-corrected chi connectivity index (χ3v) is 5.90. The average molecular weight is 476 g/mol. The fraction of sp³-hybridized carbons (Fsp3) is 0.125. The van der Waals surface area contributed by atoms with E-state index in [1.807, 2.05) is 31.2 Å². The molecule has 0 bridgehead atoms. The van der Waals surface area contributed by atoms with Crippen molar-refractivity contribution in [3.63, 3.8) is 0 Å². The lowest BCUT2D eigenvalue weighted by Gasteiger charge is -2.05. The topological polar surface area (TPSA) is 130 Å². The molecule has 9 nitrogen and oxygen atoms in total. The standard InChI is InChI=1S/C24H21N5O4S/c1-14-3-5-15(6-4-14)7-12-18(30)16-8-10-17(11-9-16)25-19(31)13-34-23-26-20-21(27-23)28-24(33)29(2)22(20)32/h3-12H,13H2,1-2H3,(H,25,31)(H,26,27)(H,28,33)/b12-7+. The number of aromatic amines is 2. The number of imidazole rings is 1. The Balaban J connectivity index is 1.34. The molecule has 0 saturated heterocycles. The molecule has 0 atom stereocenters. The number of carbonyl (C=O) groups is 2. The van der Waals surface area contributed by atoms with Crippen LogP contribution in [0.2, 0.25) is 0 Å². The zero-order chi connectivity index (χ0) is 24.2.